The number of hydrogen-bond acceptors (Lipinski definition) is 3. The predicted molar refractivity (Wildman–Crippen MR) is 90.2 cm³/mol. The van der Waals surface area contributed by atoms with Gasteiger partial charge in [-0.25, -0.2) is 0 Å². The summed E-state index contributed by atoms with van der Waals surface area (Å²) in [7, 11) is 0. The van der Waals surface area contributed by atoms with Crippen molar-refractivity contribution in [3.05, 3.63) is 54.6 Å². The molecule has 4 heteroatoms. The van der Waals surface area contributed by atoms with E-state index < -0.39 is 5.97 Å². The molecule has 0 saturated carbocycles. The molecule has 1 unspecified atom stereocenters. The van der Waals surface area contributed by atoms with Gasteiger partial charge < -0.3 is 14.7 Å². The smallest absolute Gasteiger partial charge is 0.303 e. The number of benzene rings is 2. The Kier molecular flexibility index (Phi) is 4.81. The first-order chi connectivity index (χ1) is 11.2. The van der Waals surface area contributed by atoms with Gasteiger partial charge in [-0.05, 0) is 55.7 Å². The van der Waals surface area contributed by atoms with Gasteiger partial charge in [0.05, 0.1) is 0 Å². The average Bonchev–Trinajstić information content (AvgIpc) is 3.03. The Morgan fingerprint density at radius 3 is 2.48 bits per heavy atom. The molecule has 2 aromatic rings. The molecule has 1 atom stereocenters. The maximum Gasteiger partial charge on any atom is 0.303 e. The summed E-state index contributed by atoms with van der Waals surface area (Å²) >= 11 is 0. The third-order valence-corrected chi connectivity index (χ3v) is 4.22. The van der Waals surface area contributed by atoms with Crippen molar-refractivity contribution in [2.24, 2.45) is 0 Å². The van der Waals surface area contributed by atoms with Gasteiger partial charge in [0.25, 0.3) is 0 Å². The zero-order valence-electron chi connectivity index (χ0n) is 13.0. The summed E-state index contributed by atoms with van der Waals surface area (Å²) in [6, 6.07) is 18.1. The highest BCUT2D eigenvalue weighted by Gasteiger charge is 2.25. The van der Waals surface area contributed by atoms with Crippen LogP contribution in [-0.4, -0.2) is 23.7 Å². The van der Waals surface area contributed by atoms with Crippen molar-refractivity contribution < 1.29 is 14.6 Å². The van der Waals surface area contributed by atoms with Gasteiger partial charge in [0.1, 0.15) is 11.5 Å². The average molecular weight is 311 g/mol. The standard InChI is InChI=1S/C19H21NO3/c21-19(22)13-10-15-5-4-14-20(15)16-8-11-18(12-9-16)23-17-6-2-1-3-7-17/h1-3,6-9,11-12,15H,4-5,10,13-14H2,(H,21,22). The highest BCUT2D eigenvalue weighted by atomic mass is 16.5. The van der Waals surface area contributed by atoms with Crippen LogP contribution >= 0.6 is 0 Å². The summed E-state index contributed by atoms with van der Waals surface area (Å²) in [6.45, 7) is 0.989. The lowest BCUT2D eigenvalue weighted by Gasteiger charge is -2.26. The minimum Gasteiger partial charge on any atom is -0.481 e. The van der Waals surface area contributed by atoms with Crippen LogP contribution in [0.1, 0.15) is 25.7 Å². The van der Waals surface area contributed by atoms with Gasteiger partial charge in [0, 0.05) is 24.7 Å². The van der Waals surface area contributed by atoms with Gasteiger partial charge in [-0.2, -0.15) is 0 Å². The van der Waals surface area contributed by atoms with E-state index in [1.54, 1.807) is 0 Å². The van der Waals surface area contributed by atoms with Crippen LogP contribution in [0.2, 0.25) is 0 Å². The van der Waals surface area contributed by atoms with Crippen LogP contribution in [0.25, 0.3) is 0 Å². The molecule has 3 rings (SSSR count). The zero-order valence-corrected chi connectivity index (χ0v) is 13.0. The molecule has 0 aromatic heterocycles. The quantitative estimate of drug-likeness (QED) is 0.863. The van der Waals surface area contributed by atoms with Crippen LogP contribution in [0, 0.1) is 0 Å². The van der Waals surface area contributed by atoms with E-state index in [4.69, 9.17) is 9.84 Å². The molecular formula is C19H21NO3. The van der Waals surface area contributed by atoms with Crippen molar-refractivity contribution >= 4 is 11.7 Å². The maximum atomic E-state index is 10.8. The molecule has 23 heavy (non-hydrogen) atoms. The lowest BCUT2D eigenvalue weighted by Crippen LogP contribution is -2.29. The van der Waals surface area contributed by atoms with E-state index in [2.05, 4.69) is 17.0 Å². The van der Waals surface area contributed by atoms with Crippen LogP contribution in [0.5, 0.6) is 11.5 Å². The second kappa shape index (κ2) is 7.18. The number of anilines is 1. The van der Waals surface area contributed by atoms with Crippen molar-refractivity contribution in [3.8, 4) is 11.5 Å². The van der Waals surface area contributed by atoms with Crippen LogP contribution in [0.3, 0.4) is 0 Å². The van der Waals surface area contributed by atoms with Gasteiger partial charge in [0.15, 0.2) is 0 Å². The molecule has 1 heterocycles. The van der Waals surface area contributed by atoms with E-state index in [0.29, 0.717) is 12.5 Å². The number of carboxylic acids is 1. The Morgan fingerprint density at radius 2 is 1.78 bits per heavy atom. The molecule has 0 amide bonds. The fourth-order valence-electron chi connectivity index (χ4n) is 3.10. The van der Waals surface area contributed by atoms with E-state index in [1.807, 2.05) is 42.5 Å². The summed E-state index contributed by atoms with van der Waals surface area (Å²) in [5.41, 5.74) is 1.14. The Bertz CT molecular complexity index is 639. The van der Waals surface area contributed by atoms with E-state index in [1.165, 1.54) is 0 Å². The van der Waals surface area contributed by atoms with Gasteiger partial charge in [-0.3, -0.25) is 4.79 Å². The molecule has 2 aromatic carbocycles. The van der Waals surface area contributed by atoms with Crippen molar-refractivity contribution in [2.45, 2.75) is 31.7 Å². The highest BCUT2D eigenvalue weighted by molar-refractivity contribution is 5.66. The van der Waals surface area contributed by atoms with Crippen LogP contribution in [0.4, 0.5) is 5.69 Å². The molecule has 0 bridgehead atoms. The maximum absolute atomic E-state index is 10.8. The summed E-state index contributed by atoms with van der Waals surface area (Å²) in [5.74, 6) is 0.908. The third-order valence-electron chi connectivity index (χ3n) is 4.22. The normalized spacial score (nSPS) is 17.2. The third kappa shape index (κ3) is 4.03. The Labute approximate surface area is 136 Å². The molecular weight excluding hydrogens is 290 g/mol. The molecule has 1 fully saturated rings. The number of aliphatic carboxylic acids is 1. The lowest BCUT2D eigenvalue weighted by molar-refractivity contribution is -0.137. The molecule has 120 valence electrons. The van der Waals surface area contributed by atoms with E-state index >= 15 is 0 Å². The van der Waals surface area contributed by atoms with E-state index in [0.717, 1.165) is 36.6 Å². The minimum atomic E-state index is -0.719. The van der Waals surface area contributed by atoms with Crippen molar-refractivity contribution in [2.75, 3.05) is 11.4 Å². The Hall–Kier alpha value is -2.49. The van der Waals surface area contributed by atoms with E-state index in [9.17, 15) is 4.79 Å². The van der Waals surface area contributed by atoms with Gasteiger partial charge >= 0.3 is 5.97 Å². The first kappa shape index (κ1) is 15.4. The second-order valence-corrected chi connectivity index (χ2v) is 5.83. The Balaban J connectivity index is 1.65. The fourth-order valence-corrected chi connectivity index (χ4v) is 3.10. The second-order valence-electron chi connectivity index (χ2n) is 5.83. The molecule has 0 spiro atoms. The summed E-state index contributed by atoms with van der Waals surface area (Å²) < 4.78 is 5.81. The molecule has 1 N–H and O–H groups in total. The van der Waals surface area contributed by atoms with Crippen molar-refractivity contribution in [1.82, 2.24) is 0 Å². The van der Waals surface area contributed by atoms with Gasteiger partial charge in [-0.15, -0.1) is 0 Å². The molecule has 1 aliphatic heterocycles. The first-order valence-corrected chi connectivity index (χ1v) is 8.04. The van der Waals surface area contributed by atoms with E-state index in [-0.39, 0.29) is 6.42 Å². The number of ether oxygens (including phenoxy) is 1. The molecule has 4 nitrogen and oxygen atoms in total. The number of nitrogens with zero attached hydrogens (tertiary/aromatic N) is 1. The monoisotopic (exact) mass is 311 g/mol. The minimum absolute atomic E-state index is 0.233. The number of hydrogen-bond donors (Lipinski definition) is 1. The van der Waals surface area contributed by atoms with Crippen LogP contribution in [0.15, 0.2) is 54.6 Å². The van der Waals surface area contributed by atoms with Crippen LogP contribution < -0.4 is 9.64 Å². The zero-order chi connectivity index (χ0) is 16.1. The summed E-state index contributed by atoms with van der Waals surface area (Å²) in [4.78, 5) is 13.1. The molecule has 0 radical (unpaired) electrons. The van der Waals surface area contributed by atoms with Gasteiger partial charge in [0.2, 0.25) is 0 Å². The number of rotatable bonds is 6. The molecule has 1 aliphatic rings. The van der Waals surface area contributed by atoms with Crippen molar-refractivity contribution in [3.63, 3.8) is 0 Å². The number of carboxylic acid groups (broad SMARTS) is 1. The number of carbonyl (C=O) groups is 1. The van der Waals surface area contributed by atoms with Crippen LogP contribution in [-0.2, 0) is 4.79 Å². The molecule has 1 saturated heterocycles. The van der Waals surface area contributed by atoms with Crippen molar-refractivity contribution in [1.29, 1.82) is 0 Å². The highest BCUT2D eigenvalue weighted by Crippen LogP contribution is 2.30. The Morgan fingerprint density at radius 1 is 1.09 bits per heavy atom. The lowest BCUT2D eigenvalue weighted by atomic mass is 10.1. The summed E-state index contributed by atoms with van der Waals surface area (Å²) in [6.07, 6.45) is 3.12. The first-order valence-electron chi connectivity index (χ1n) is 8.04. The summed E-state index contributed by atoms with van der Waals surface area (Å²) in [5, 5.41) is 8.87. The topological polar surface area (TPSA) is 49.8 Å². The SMILES string of the molecule is O=C(O)CCC1CCCN1c1ccc(Oc2ccccc2)cc1. The molecule has 0 aliphatic carbocycles. The largest absolute Gasteiger partial charge is 0.481 e. The fraction of sp³-hybridized carbons (Fsp3) is 0.316. The number of para-hydroxylation sites is 1. The van der Waals surface area contributed by atoms with Gasteiger partial charge in [-0.1, -0.05) is 18.2 Å². The predicted octanol–water partition coefficient (Wildman–Crippen LogP) is 4.31.